The van der Waals surface area contributed by atoms with Crippen LogP contribution in [0, 0.1) is 5.82 Å². The van der Waals surface area contributed by atoms with Crippen molar-refractivity contribution in [3.05, 3.63) is 54.3 Å². The topological polar surface area (TPSA) is 50.4 Å². The Balaban J connectivity index is 1.82. The fraction of sp³-hybridized carbons (Fsp3) is 0.188. The standard InChI is InChI=1S/C16H17FN2O2/c1-21-15-8-3-2-7-14(15)19-16(20)9-10-18-13-6-4-5-12(17)11-13/h2-8,11,18H,9-10H2,1H3,(H,19,20). The molecule has 4 nitrogen and oxygen atoms in total. The van der Waals surface area contributed by atoms with E-state index in [9.17, 15) is 9.18 Å². The predicted octanol–water partition coefficient (Wildman–Crippen LogP) is 3.28. The van der Waals surface area contributed by atoms with Crippen molar-refractivity contribution in [2.24, 2.45) is 0 Å². The molecule has 0 aliphatic rings. The van der Waals surface area contributed by atoms with Crippen molar-refractivity contribution in [2.75, 3.05) is 24.3 Å². The summed E-state index contributed by atoms with van der Waals surface area (Å²) in [5.41, 5.74) is 1.29. The van der Waals surface area contributed by atoms with Crippen LogP contribution in [0.5, 0.6) is 5.75 Å². The first-order chi connectivity index (χ1) is 10.2. The van der Waals surface area contributed by atoms with Gasteiger partial charge in [-0.05, 0) is 30.3 Å². The number of anilines is 2. The van der Waals surface area contributed by atoms with Gasteiger partial charge in [0, 0.05) is 18.7 Å². The van der Waals surface area contributed by atoms with Crippen molar-refractivity contribution in [1.29, 1.82) is 0 Å². The Morgan fingerprint density at radius 1 is 1.19 bits per heavy atom. The van der Waals surface area contributed by atoms with Crippen LogP contribution in [0.25, 0.3) is 0 Å². The number of para-hydroxylation sites is 2. The number of benzene rings is 2. The molecule has 0 unspecified atom stereocenters. The Hall–Kier alpha value is -2.56. The van der Waals surface area contributed by atoms with Crippen molar-refractivity contribution >= 4 is 17.3 Å². The molecule has 0 fully saturated rings. The first-order valence-corrected chi connectivity index (χ1v) is 6.61. The molecule has 0 aliphatic carbocycles. The number of ether oxygens (including phenoxy) is 1. The molecule has 0 heterocycles. The van der Waals surface area contributed by atoms with E-state index in [0.29, 0.717) is 23.7 Å². The maximum absolute atomic E-state index is 13.0. The van der Waals surface area contributed by atoms with E-state index in [4.69, 9.17) is 4.74 Å². The monoisotopic (exact) mass is 288 g/mol. The largest absolute Gasteiger partial charge is 0.495 e. The second-order valence-electron chi connectivity index (χ2n) is 4.44. The number of nitrogens with one attached hydrogen (secondary N) is 2. The minimum Gasteiger partial charge on any atom is -0.495 e. The summed E-state index contributed by atoms with van der Waals surface area (Å²) in [6.45, 7) is 0.421. The van der Waals surface area contributed by atoms with Crippen molar-refractivity contribution in [3.63, 3.8) is 0 Å². The molecule has 0 radical (unpaired) electrons. The smallest absolute Gasteiger partial charge is 0.226 e. The summed E-state index contributed by atoms with van der Waals surface area (Å²) < 4.78 is 18.2. The number of hydrogen-bond acceptors (Lipinski definition) is 3. The molecule has 21 heavy (non-hydrogen) atoms. The molecule has 110 valence electrons. The van der Waals surface area contributed by atoms with Crippen LogP contribution in [0.15, 0.2) is 48.5 Å². The molecule has 2 rings (SSSR count). The summed E-state index contributed by atoms with van der Waals surface area (Å²) in [6, 6.07) is 13.3. The molecule has 5 heteroatoms. The number of carbonyl (C=O) groups is 1. The second kappa shape index (κ2) is 7.28. The second-order valence-corrected chi connectivity index (χ2v) is 4.44. The fourth-order valence-corrected chi connectivity index (χ4v) is 1.88. The Morgan fingerprint density at radius 2 is 2.00 bits per heavy atom. The summed E-state index contributed by atoms with van der Waals surface area (Å²) in [4.78, 5) is 11.9. The van der Waals surface area contributed by atoms with Gasteiger partial charge in [0.25, 0.3) is 0 Å². The van der Waals surface area contributed by atoms with E-state index < -0.39 is 0 Å². The van der Waals surface area contributed by atoms with Crippen molar-refractivity contribution < 1.29 is 13.9 Å². The van der Waals surface area contributed by atoms with Gasteiger partial charge in [-0.3, -0.25) is 4.79 Å². The SMILES string of the molecule is COc1ccccc1NC(=O)CCNc1cccc(F)c1. The number of rotatable bonds is 6. The van der Waals surface area contributed by atoms with E-state index in [1.807, 2.05) is 12.1 Å². The number of hydrogen-bond donors (Lipinski definition) is 2. The maximum atomic E-state index is 13.0. The van der Waals surface area contributed by atoms with Crippen LogP contribution >= 0.6 is 0 Å². The van der Waals surface area contributed by atoms with Gasteiger partial charge in [-0.25, -0.2) is 4.39 Å². The Bertz CT molecular complexity index is 617. The third-order valence-corrected chi connectivity index (χ3v) is 2.89. The van der Waals surface area contributed by atoms with Crippen LogP contribution in [0.2, 0.25) is 0 Å². The summed E-state index contributed by atoms with van der Waals surface area (Å²) >= 11 is 0. The molecule has 0 saturated heterocycles. The van der Waals surface area contributed by atoms with E-state index in [1.165, 1.54) is 12.1 Å². The lowest BCUT2D eigenvalue weighted by molar-refractivity contribution is -0.115. The van der Waals surface area contributed by atoms with E-state index >= 15 is 0 Å². The van der Waals surface area contributed by atoms with Crippen molar-refractivity contribution in [1.82, 2.24) is 0 Å². The van der Waals surface area contributed by atoms with Crippen LogP contribution in [0.1, 0.15) is 6.42 Å². The molecule has 1 amide bonds. The third kappa shape index (κ3) is 4.49. The lowest BCUT2D eigenvalue weighted by Gasteiger charge is -2.10. The number of methoxy groups -OCH3 is 1. The van der Waals surface area contributed by atoms with E-state index in [2.05, 4.69) is 10.6 Å². The van der Waals surface area contributed by atoms with Crippen LogP contribution in [0.3, 0.4) is 0 Å². The summed E-state index contributed by atoms with van der Waals surface area (Å²) in [5, 5.41) is 5.78. The van der Waals surface area contributed by atoms with E-state index in [0.717, 1.165) is 0 Å². The van der Waals surface area contributed by atoms with Crippen LogP contribution in [0.4, 0.5) is 15.8 Å². The first-order valence-electron chi connectivity index (χ1n) is 6.61. The minimum absolute atomic E-state index is 0.136. The summed E-state index contributed by atoms with van der Waals surface area (Å²) in [6.07, 6.45) is 0.272. The number of amides is 1. The van der Waals surface area contributed by atoms with Gasteiger partial charge < -0.3 is 15.4 Å². The van der Waals surface area contributed by atoms with E-state index in [1.54, 1.807) is 31.4 Å². The van der Waals surface area contributed by atoms with Gasteiger partial charge in [0.1, 0.15) is 11.6 Å². The van der Waals surface area contributed by atoms with Gasteiger partial charge in [0.05, 0.1) is 12.8 Å². The summed E-state index contributed by atoms with van der Waals surface area (Å²) in [7, 11) is 1.55. The highest BCUT2D eigenvalue weighted by molar-refractivity contribution is 5.92. The molecule has 0 saturated carbocycles. The van der Waals surface area contributed by atoms with Gasteiger partial charge in [-0.15, -0.1) is 0 Å². The third-order valence-electron chi connectivity index (χ3n) is 2.89. The zero-order valence-corrected chi connectivity index (χ0v) is 11.7. The highest BCUT2D eigenvalue weighted by Crippen LogP contribution is 2.23. The molecule has 0 aliphatic heterocycles. The quantitative estimate of drug-likeness (QED) is 0.857. The number of carbonyl (C=O) groups excluding carboxylic acids is 1. The minimum atomic E-state index is -0.307. The molecule has 2 aromatic rings. The average molecular weight is 288 g/mol. The molecule has 0 bridgehead atoms. The van der Waals surface area contributed by atoms with Gasteiger partial charge in [-0.2, -0.15) is 0 Å². The molecule has 2 N–H and O–H groups in total. The average Bonchev–Trinajstić information content (AvgIpc) is 2.48. The van der Waals surface area contributed by atoms with Crippen molar-refractivity contribution in [2.45, 2.75) is 6.42 Å². The normalized spacial score (nSPS) is 10.0. The Labute approximate surface area is 122 Å². The summed E-state index contributed by atoms with van der Waals surface area (Å²) in [5.74, 6) is 0.172. The van der Waals surface area contributed by atoms with Gasteiger partial charge >= 0.3 is 0 Å². The molecule has 0 aromatic heterocycles. The van der Waals surface area contributed by atoms with Crippen LogP contribution < -0.4 is 15.4 Å². The Kier molecular flexibility index (Phi) is 5.15. The molecule has 0 atom stereocenters. The molecule has 2 aromatic carbocycles. The zero-order chi connectivity index (χ0) is 15.1. The lowest BCUT2D eigenvalue weighted by atomic mass is 10.2. The number of halogens is 1. The maximum Gasteiger partial charge on any atom is 0.226 e. The lowest BCUT2D eigenvalue weighted by Crippen LogP contribution is -2.16. The highest BCUT2D eigenvalue weighted by atomic mass is 19.1. The van der Waals surface area contributed by atoms with Crippen LogP contribution in [-0.2, 0) is 4.79 Å². The fourth-order valence-electron chi connectivity index (χ4n) is 1.88. The zero-order valence-electron chi connectivity index (χ0n) is 11.7. The van der Waals surface area contributed by atoms with Crippen LogP contribution in [-0.4, -0.2) is 19.6 Å². The molecular weight excluding hydrogens is 271 g/mol. The first kappa shape index (κ1) is 14.8. The molecule has 0 spiro atoms. The molecular formula is C16H17FN2O2. The van der Waals surface area contributed by atoms with E-state index in [-0.39, 0.29) is 18.1 Å². The highest BCUT2D eigenvalue weighted by Gasteiger charge is 2.06. The Morgan fingerprint density at radius 3 is 2.76 bits per heavy atom. The predicted molar refractivity (Wildman–Crippen MR) is 81.1 cm³/mol. The van der Waals surface area contributed by atoms with Gasteiger partial charge in [0.2, 0.25) is 5.91 Å². The van der Waals surface area contributed by atoms with Crippen molar-refractivity contribution in [3.8, 4) is 5.75 Å². The van der Waals surface area contributed by atoms with Gasteiger partial charge in [0.15, 0.2) is 0 Å². The van der Waals surface area contributed by atoms with Gasteiger partial charge in [-0.1, -0.05) is 18.2 Å².